The molecule has 0 bridgehead atoms. The van der Waals surface area contributed by atoms with Crippen LogP contribution in [0, 0.1) is 23.1 Å². The molecular weight excluding hydrogens is 548 g/mol. The highest BCUT2D eigenvalue weighted by atomic mass is 19.4. The van der Waals surface area contributed by atoms with Crippen LogP contribution in [-0.2, 0) is 10.4 Å². The number of pyridine rings is 1. The third-order valence-electron chi connectivity index (χ3n) is 7.01. The largest absolute Gasteiger partial charge is 0.416 e. The third-order valence-corrected chi connectivity index (χ3v) is 7.01. The molecule has 1 aromatic heterocycles. The number of benzene rings is 2. The Labute approximate surface area is 241 Å². The first-order valence-corrected chi connectivity index (χ1v) is 13.5. The number of nitrogens with zero attached hydrogens (tertiary/aromatic N) is 2. The summed E-state index contributed by atoms with van der Waals surface area (Å²) in [5.41, 5.74) is -2.25. The highest BCUT2D eigenvalue weighted by Crippen LogP contribution is 2.41. The molecule has 1 aliphatic rings. The van der Waals surface area contributed by atoms with Crippen LogP contribution in [0.3, 0.4) is 0 Å². The van der Waals surface area contributed by atoms with Crippen LogP contribution >= 0.6 is 0 Å². The van der Waals surface area contributed by atoms with Crippen LogP contribution < -0.4 is 10.6 Å². The van der Waals surface area contributed by atoms with E-state index in [0.717, 1.165) is 31.4 Å². The standard InChI is InChI=1S/C32H30F4N4O2/c1-2-5-24(32(34,35)36)18-29(39-26-8-3-6-22(16-26)19-37)30(41)40-28-17-23(11-12-27(28)33)31(42,14-13-21-9-10-21)25-7-4-15-38-20-25/h3-8,11-12,15-18,20-21,39,42H,2,9-10,13-14H2,1H3,(H,40,41)/b24-5-,29-18-. The zero-order chi connectivity index (χ0) is 30.3. The van der Waals surface area contributed by atoms with Gasteiger partial charge >= 0.3 is 6.18 Å². The van der Waals surface area contributed by atoms with Crippen molar-refractivity contribution in [3.05, 3.63) is 113 Å². The smallest absolute Gasteiger partial charge is 0.380 e. The number of anilines is 2. The summed E-state index contributed by atoms with van der Waals surface area (Å²) in [6, 6.07) is 15.0. The molecule has 1 fully saturated rings. The van der Waals surface area contributed by atoms with Crippen molar-refractivity contribution in [2.75, 3.05) is 10.6 Å². The molecule has 2 aromatic carbocycles. The summed E-state index contributed by atoms with van der Waals surface area (Å²) >= 11 is 0. The van der Waals surface area contributed by atoms with E-state index < -0.39 is 34.8 Å². The maximum Gasteiger partial charge on any atom is 0.416 e. The van der Waals surface area contributed by atoms with Gasteiger partial charge in [-0.2, -0.15) is 18.4 Å². The van der Waals surface area contributed by atoms with Gasteiger partial charge in [0.15, 0.2) is 0 Å². The highest BCUT2D eigenvalue weighted by Gasteiger charge is 2.36. The average Bonchev–Trinajstić information content (AvgIpc) is 3.81. The van der Waals surface area contributed by atoms with Crippen molar-refractivity contribution in [1.29, 1.82) is 5.26 Å². The molecule has 1 saturated carbocycles. The third kappa shape index (κ3) is 7.62. The molecule has 0 aliphatic heterocycles. The van der Waals surface area contributed by atoms with E-state index in [2.05, 4.69) is 15.6 Å². The predicted octanol–water partition coefficient (Wildman–Crippen LogP) is 7.35. The van der Waals surface area contributed by atoms with Crippen molar-refractivity contribution in [2.45, 2.75) is 50.8 Å². The topological polar surface area (TPSA) is 98.0 Å². The molecule has 1 aliphatic carbocycles. The van der Waals surface area contributed by atoms with Gasteiger partial charge in [-0.25, -0.2) is 4.39 Å². The molecule has 1 amide bonds. The van der Waals surface area contributed by atoms with Gasteiger partial charge in [0.05, 0.1) is 22.9 Å². The van der Waals surface area contributed by atoms with Gasteiger partial charge in [-0.05, 0) is 73.2 Å². The number of nitrogens with one attached hydrogen (secondary N) is 2. The van der Waals surface area contributed by atoms with E-state index in [1.165, 1.54) is 49.5 Å². The molecule has 0 radical (unpaired) electrons. The number of rotatable bonds is 11. The number of carbonyl (C=O) groups is 1. The summed E-state index contributed by atoms with van der Waals surface area (Å²) in [5, 5.41) is 26.1. The van der Waals surface area contributed by atoms with E-state index in [0.29, 0.717) is 29.5 Å². The lowest BCUT2D eigenvalue weighted by Crippen LogP contribution is -2.28. The Hall–Kier alpha value is -4.49. The fourth-order valence-corrected chi connectivity index (χ4v) is 4.56. The first-order chi connectivity index (χ1) is 20.0. The lowest BCUT2D eigenvalue weighted by atomic mass is 9.82. The van der Waals surface area contributed by atoms with E-state index in [4.69, 9.17) is 0 Å². The number of alkyl halides is 3. The van der Waals surface area contributed by atoms with E-state index >= 15 is 4.39 Å². The predicted molar refractivity (Wildman–Crippen MR) is 152 cm³/mol. The minimum absolute atomic E-state index is 0.0502. The van der Waals surface area contributed by atoms with Crippen LogP contribution in [0.4, 0.5) is 28.9 Å². The van der Waals surface area contributed by atoms with Gasteiger partial charge in [0, 0.05) is 23.6 Å². The molecule has 1 unspecified atom stereocenters. The summed E-state index contributed by atoms with van der Waals surface area (Å²) in [6.07, 6.45) is 3.15. The number of amides is 1. The quantitative estimate of drug-likeness (QED) is 0.126. The number of allylic oxidation sites excluding steroid dienone is 3. The van der Waals surface area contributed by atoms with Crippen LogP contribution in [0.25, 0.3) is 0 Å². The molecule has 0 spiro atoms. The van der Waals surface area contributed by atoms with Crippen molar-refractivity contribution in [2.24, 2.45) is 5.92 Å². The van der Waals surface area contributed by atoms with Crippen molar-refractivity contribution in [3.8, 4) is 6.07 Å². The number of hydrogen-bond donors (Lipinski definition) is 3. The van der Waals surface area contributed by atoms with E-state index in [9.17, 15) is 28.3 Å². The van der Waals surface area contributed by atoms with Crippen LogP contribution in [0.5, 0.6) is 0 Å². The highest BCUT2D eigenvalue weighted by molar-refractivity contribution is 6.06. The van der Waals surface area contributed by atoms with Crippen LogP contribution in [0.1, 0.15) is 55.7 Å². The van der Waals surface area contributed by atoms with E-state index in [-0.39, 0.29) is 23.4 Å². The summed E-state index contributed by atoms with van der Waals surface area (Å²) < 4.78 is 56.3. The SMILES string of the molecule is CC/C=C(/C=C(\Nc1cccc(C#N)c1)C(=O)Nc1cc(C(O)(CCC2CC2)c2cccnc2)ccc1F)C(F)(F)F. The number of aromatic nitrogens is 1. The second kappa shape index (κ2) is 13.0. The van der Waals surface area contributed by atoms with Gasteiger partial charge < -0.3 is 15.7 Å². The monoisotopic (exact) mass is 578 g/mol. The Bertz CT molecular complexity index is 1530. The Morgan fingerprint density at radius 3 is 2.55 bits per heavy atom. The zero-order valence-corrected chi connectivity index (χ0v) is 22.9. The molecule has 218 valence electrons. The molecule has 6 nitrogen and oxygen atoms in total. The molecule has 10 heteroatoms. The van der Waals surface area contributed by atoms with Gasteiger partial charge in [0.2, 0.25) is 0 Å². The molecule has 3 N–H and O–H groups in total. The summed E-state index contributed by atoms with van der Waals surface area (Å²) in [5.74, 6) is -1.40. The molecule has 42 heavy (non-hydrogen) atoms. The van der Waals surface area contributed by atoms with Crippen LogP contribution in [-0.4, -0.2) is 22.2 Å². The fourth-order valence-electron chi connectivity index (χ4n) is 4.56. The number of carbonyl (C=O) groups excluding carboxylic acids is 1. The molecule has 0 saturated heterocycles. The van der Waals surface area contributed by atoms with E-state index in [1.807, 2.05) is 6.07 Å². The fraction of sp³-hybridized carbons (Fsp3) is 0.281. The van der Waals surface area contributed by atoms with Crippen LogP contribution in [0.15, 0.2) is 90.4 Å². The van der Waals surface area contributed by atoms with E-state index in [1.54, 1.807) is 18.3 Å². The Morgan fingerprint density at radius 1 is 1.12 bits per heavy atom. The maximum absolute atomic E-state index is 15.0. The second-order valence-electron chi connectivity index (χ2n) is 10.2. The van der Waals surface area contributed by atoms with Crippen molar-refractivity contribution < 1.29 is 27.5 Å². The minimum Gasteiger partial charge on any atom is -0.380 e. The van der Waals surface area contributed by atoms with Crippen molar-refractivity contribution in [3.63, 3.8) is 0 Å². The first kappa shape index (κ1) is 30.5. The summed E-state index contributed by atoms with van der Waals surface area (Å²) in [4.78, 5) is 17.5. The Balaban J connectivity index is 1.71. The Morgan fingerprint density at radius 2 is 1.90 bits per heavy atom. The second-order valence-corrected chi connectivity index (χ2v) is 10.2. The maximum atomic E-state index is 15.0. The Kier molecular flexibility index (Phi) is 9.43. The minimum atomic E-state index is -4.76. The summed E-state index contributed by atoms with van der Waals surface area (Å²) in [7, 11) is 0. The van der Waals surface area contributed by atoms with Gasteiger partial charge in [-0.1, -0.05) is 44.0 Å². The molecule has 4 rings (SSSR count). The van der Waals surface area contributed by atoms with Crippen molar-refractivity contribution >= 4 is 17.3 Å². The number of hydrogen-bond acceptors (Lipinski definition) is 5. The van der Waals surface area contributed by atoms with Crippen molar-refractivity contribution in [1.82, 2.24) is 4.98 Å². The average molecular weight is 579 g/mol. The van der Waals surface area contributed by atoms with Gasteiger partial charge in [0.25, 0.3) is 5.91 Å². The number of nitriles is 1. The first-order valence-electron chi connectivity index (χ1n) is 13.5. The molecule has 1 heterocycles. The number of halogens is 4. The molecule has 1 atom stereocenters. The number of aliphatic hydroxyl groups is 1. The van der Waals surface area contributed by atoms with Gasteiger partial charge in [-0.15, -0.1) is 0 Å². The normalized spacial score (nSPS) is 15.5. The van der Waals surface area contributed by atoms with Gasteiger partial charge in [-0.3, -0.25) is 9.78 Å². The van der Waals surface area contributed by atoms with Gasteiger partial charge in [0.1, 0.15) is 17.1 Å². The lowest BCUT2D eigenvalue weighted by Gasteiger charge is -2.30. The summed E-state index contributed by atoms with van der Waals surface area (Å²) in [6.45, 7) is 1.52. The zero-order valence-electron chi connectivity index (χ0n) is 22.9. The molecule has 3 aromatic rings. The molecular formula is C32H30F4N4O2. The van der Waals surface area contributed by atoms with Crippen LogP contribution in [0.2, 0.25) is 0 Å². The lowest BCUT2D eigenvalue weighted by molar-refractivity contribution is -0.112.